The minimum atomic E-state index is -0.621. The standard InChI is InChI=1S/C15H23FN2O3/c1-10(21-8-7-15(2,3)20-4)14(19)18-11-5-6-12(16)13(17)9-11/h5-6,9-10H,7-8,17H2,1-4H3,(H,18,19). The van der Waals surface area contributed by atoms with Gasteiger partial charge >= 0.3 is 0 Å². The first-order valence-corrected chi connectivity index (χ1v) is 6.78. The summed E-state index contributed by atoms with van der Waals surface area (Å²) in [4.78, 5) is 11.9. The number of methoxy groups -OCH3 is 1. The highest BCUT2D eigenvalue weighted by atomic mass is 19.1. The minimum absolute atomic E-state index is 0.0109. The molecule has 21 heavy (non-hydrogen) atoms. The fourth-order valence-corrected chi connectivity index (χ4v) is 1.52. The van der Waals surface area contributed by atoms with Crippen molar-refractivity contribution in [3.05, 3.63) is 24.0 Å². The molecule has 0 bridgehead atoms. The molecule has 0 fully saturated rings. The van der Waals surface area contributed by atoms with Crippen LogP contribution in [0.3, 0.4) is 0 Å². The number of amides is 1. The zero-order valence-corrected chi connectivity index (χ0v) is 12.9. The highest BCUT2D eigenvalue weighted by Gasteiger charge is 2.19. The molecule has 0 heterocycles. The SMILES string of the molecule is COC(C)(C)CCOC(C)C(=O)Nc1ccc(F)c(N)c1. The second-order valence-electron chi connectivity index (χ2n) is 5.45. The van der Waals surface area contributed by atoms with Gasteiger partial charge in [0.2, 0.25) is 0 Å². The predicted octanol–water partition coefficient (Wildman–Crippen LogP) is 2.57. The maximum absolute atomic E-state index is 13.0. The summed E-state index contributed by atoms with van der Waals surface area (Å²) in [6.07, 6.45) is 0.0499. The summed E-state index contributed by atoms with van der Waals surface area (Å²) in [6.45, 7) is 5.95. The number of anilines is 2. The van der Waals surface area contributed by atoms with Crippen molar-refractivity contribution < 1.29 is 18.7 Å². The first kappa shape index (κ1) is 17.4. The Morgan fingerprint density at radius 3 is 2.71 bits per heavy atom. The Morgan fingerprint density at radius 2 is 2.14 bits per heavy atom. The van der Waals surface area contributed by atoms with E-state index in [0.717, 1.165) is 0 Å². The van der Waals surface area contributed by atoms with Crippen LogP contribution < -0.4 is 11.1 Å². The van der Waals surface area contributed by atoms with Crippen LogP contribution in [0.2, 0.25) is 0 Å². The van der Waals surface area contributed by atoms with Gasteiger partial charge in [-0.1, -0.05) is 0 Å². The van der Waals surface area contributed by atoms with Crippen molar-refractivity contribution in [2.24, 2.45) is 0 Å². The second-order valence-corrected chi connectivity index (χ2v) is 5.45. The van der Waals surface area contributed by atoms with Crippen molar-refractivity contribution in [2.75, 3.05) is 24.8 Å². The first-order valence-electron chi connectivity index (χ1n) is 6.78. The van der Waals surface area contributed by atoms with Crippen LogP contribution >= 0.6 is 0 Å². The fourth-order valence-electron chi connectivity index (χ4n) is 1.52. The molecular weight excluding hydrogens is 275 g/mol. The van der Waals surface area contributed by atoms with Crippen LogP contribution in [0.5, 0.6) is 0 Å². The summed E-state index contributed by atoms with van der Waals surface area (Å²) in [6, 6.07) is 4.02. The average Bonchev–Trinajstić information content (AvgIpc) is 2.42. The van der Waals surface area contributed by atoms with Gasteiger partial charge in [-0.05, 0) is 45.4 Å². The lowest BCUT2D eigenvalue weighted by molar-refractivity contribution is -0.127. The summed E-state index contributed by atoms with van der Waals surface area (Å²) in [5, 5.41) is 2.63. The van der Waals surface area contributed by atoms with E-state index in [9.17, 15) is 9.18 Å². The molecule has 0 saturated carbocycles. The Bertz CT molecular complexity index is 492. The van der Waals surface area contributed by atoms with E-state index in [4.69, 9.17) is 15.2 Å². The van der Waals surface area contributed by atoms with Crippen molar-refractivity contribution in [1.82, 2.24) is 0 Å². The van der Waals surface area contributed by atoms with Crippen LogP contribution in [0.1, 0.15) is 27.2 Å². The Kier molecular flexibility index (Phi) is 6.11. The number of benzene rings is 1. The van der Waals surface area contributed by atoms with Crippen LogP contribution in [0.4, 0.5) is 15.8 Å². The molecule has 1 rings (SSSR count). The number of rotatable bonds is 7. The zero-order valence-electron chi connectivity index (χ0n) is 12.9. The van der Waals surface area contributed by atoms with E-state index in [2.05, 4.69) is 5.32 Å². The molecular formula is C15H23FN2O3. The quantitative estimate of drug-likeness (QED) is 0.759. The van der Waals surface area contributed by atoms with Crippen molar-refractivity contribution >= 4 is 17.3 Å². The highest BCUT2D eigenvalue weighted by molar-refractivity contribution is 5.94. The predicted molar refractivity (Wildman–Crippen MR) is 80.6 cm³/mol. The largest absolute Gasteiger partial charge is 0.396 e. The molecule has 0 spiro atoms. The highest BCUT2D eigenvalue weighted by Crippen LogP contribution is 2.17. The molecule has 1 aromatic carbocycles. The third-order valence-corrected chi connectivity index (χ3v) is 3.26. The third-order valence-electron chi connectivity index (χ3n) is 3.26. The van der Waals surface area contributed by atoms with Crippen LogP contribution in [0.15, 0.2) is 18.2 Å². The van der Waals surface area contributed by atoms with Gasteiger partial charge in [0.25, 0.3) is 5.91 Å². The monoisotopic (exact) mass is 298 g/mol. The molecule has 3 N–H and O–H groups in total. The molecule has 0 radical (unpaired) electrons. The number of ether oxygens (including phenoxy) is 2. The van der Waals surface area contributed by atoms with Crippen LogP contribution in [0.25, 0.3) is 0 Å². The fraction of sp³-hybridized carbons (Fsp3) is 0.533. The lowest BCUT2D eigenvalue weighted by Crippen LogP contribution is -2.31. The Labute approximate surface area is 124 Å². The molecule has 1 aromatic rings. The minimum Gasteiger partial charge on any atom is -0.396 e. The molecule has 0 aliphatic rings. The van der Waals surface area contributed by atoms with Crippen LogP contribution in [0, 0.1) is 5.82 Å². The lowest BCUT2D eigenvalue weighted by atomic mass is 10.1. The number of nitrogen functional groups attached to an aromatic ring is 1. The van der Waals surface area contributed by atoms with E-state index < -0.39 is 11.9 Å². The summed E-state index contributed by atoms with van der Waals surface area (Å²) >= 11 is 0. The van der Waals surface area contributed by atoms with E-state index in [-0.39, 0.29) is 17.2 Å². The number of hydrogen-bond donors (Lipinski definition) is 2. The van der Waals surface area contributed by atoms with Crippen LogP contribution in [-0.4, -0.2) is 31.3 Å². The molecule has 1 unspecified atom stereocenters. The molecule has 0 saturated heterocycles. The number of hydrogen-bond acceptors (Lipinski definition) is 4. The maximum Gasteiger partial charge on any atom is 0.253 e. The van der Waals surface area contributed by atoms with E-state index >= 15 is 0 Å². The summed E-state index contributed by atoms with van der Waals surface area (Å²) in [5.74, 6) is -0.824. The topological polar surface area (TPSA) is 73.6 Å². The van der Waals surface area contributed by atoms with Crippen molar-refractivity contribution in [3.8, 4) is 0 Å². The van der Waals surface area contributed by atoms with Gasteiger partial charge in [0.05, 0.1) is 17.9 Å². The van der Waals surface area contributed by atoms with Crippen molar-refractivity contribution in [1.29, 1.82) is 0 Å². The molecule has 0 aliphatic carbocycles. The maximum atomic E-state index is 13.0. The number of nitrogens with one attached hydrogen (secondary N) is 1. The Hall–Kier alpha value is -1.66. The van der Waals surface area contributed by atoms with Gasteiger partial charge in [-0.2, -0.15) is 0 Å². The molecule has 1 atom stereocenters. The second kappa shape index (κ2) is 7.38. The lowest BCUT2D eigenvalue weighted by Gasteiger charge is -2.23. The summed E-state index contributed by atoms with van der Waals surface area (Å²) in [7, 11) is 1.63. The normalized spacial score (nSPS) is 13.0. The van der Waals surface area contributed by atoms with Gasteiger partial charge in [0.15, 0.2) is 0 Å². The first-order chi connectivity index (χ1) is 9.75. The van der Waals surface area contributed by atoms with Gasteiger partial charge < -0.3 is 20.5 Å². The molecule has 118 valence electrons. The molecule has 0 aromatic heterocycles. The third kappa shape index (κ3) is 5.69. The Morgan fingerprint density at radius 1 is 1.48 bits per heavy atom. The van der Waals surface area contributed by atoms with Gasteiger partial charge in [-0.25, -0.2) is 4.39 Å². The number of halogens is 1. The van der Waals surface area contributed by atoms with Crippen molar-refractivity contribution in [2.45, 2.75) is 38.9 Å². The number of carbonyl (C=O) groups excluding carboxylic acids is 1. The van der Waals surface area contributed by atoms with Gasteiger partial charge in [-0.15, -0.1) is 0 Å². The number of nitrogens with two attached hydrogens (primary N) is 1. The van der Waals surface area contributed by atoms with Gasteiger partial charge in [0.1, 0.15) is 11.9 Å². The molecule has 6 heteroatoms. The Balaban J connectivity index is 2.45. The molecule has 5 nitrogen and oxygen atoms in total. The smallest absolute Gasteiger partial charge is 0.253 e. The van der Waals surface area contributed by atoms with Gasteiger partial charge in [0, 0.05) is 12.8 Å². The summed E-state index contributed by atoms with van der Waals surface area (Å²) in [5.41, 5.74) is 5.58. The van der Waals surface area contributed by atoms with E-state index in [1.165, 1.54) is 18.2 Å². The molecule has 0 aliphatic heterocycles. The summed E-state index contributed by atoms with van der Waals surface area (Å²) < 4.78 is 23.8. The van der Waals surface area contributed by atoms with Crippen molar-refractivity contribution in [3.63, 3.8) is 0 Å². The van der Waals surface area contributed by atoms with E-state index in [0.29, 0.717) is 18.7 Å². The van der Waals surface area contributed by atoms with E-state index in [1.807, 2.05) is 13.8 Å². The number of carbonyl (C=O) groups is 1. The average molecular weight is 298 g/mol. The van der Waals surface area contributed by atoms with Gasteiger partial charge in [-0.3, -0.25) is 4.79 Å². The molecule has 1 amide bonds. The zero-order chi connectivity index (χ0) is 16.0. The van der Waals surface area contributed by atoms with Crippen LogP contribution in [-0.2, 0) is 14.3 Å². The van der Waals surface area contributed by atoms with E-state index in [1.54, 1.807) is 14.0 Å².